The minimum Gasteiger partial charge on any atom is -0.383 e. The molecule has 0 aromatic heterocycles. The molecule has 0 aliphatic heterocycles. The van der Waals surface area contributed by atoms with Crippen molar-refractivity contribution in [2.24, 2.45) is 0 Å². The first kappa shape index (κ1) is 18.2. The smallest absolute Gasteiger partial charge is 0.220 e. The third-order valence-electron chi connectivity index (χ3n) is 2.20. The van der Waals surface area contributed by atoms with Gasteiger partial charge in [-0.3, -0.25) is 9.59 Å². The number of rotatable bonds is 12. The van der Waals surface area contributed by atoms with Crippen molar-refractivity contribution in [3.05, 3.63) is 0 Å². The van der Waals surface area contributed by atoms with Gasteiger partial charge in [0.25, 0.3) is 0 Å². The van der Waals surface area contributed by atoms with Gasteiger partial charge in [0.05, 0.1) is 13.2 Å². The fraction of sp³-hybridized carbons (Fsp3) is 0.833. The van der Waals surface area contributed by atoms with Crippen LogP contribution in [0.5, 0.6) is 0 Å². The summed E-state index contributed by atoms with van der Waals surface area (Å²) in [7, 11) is 3.19. The third kappa shape index (κ3) is 13.4. The van der Waals surface area contributed by atoms with Crippen LogP contribution < -0.4 is 10.6 Å². The summed E-state index contributed by atoms with van der Waals surface area (Å²) < 4.78 is 9.66. The first-order chi connectivity index (χ1) is 9.20. The van der Waals surface area contributed by atoms with Crippen LogP contribution in [0.4, 0.5) is 0 Å². The van der Waals surface area contributed by atoms with Crippen LogP contribution in [0.15, 0.2) is 0 Å². The summed E-state index contributed by atoms with van der Waals surface area (Å²) in [5, 5.41) is 5.49. The van der Waals surface area contributed by atoms with Crippen LogP contribution in [0.25, 0.3) is 0 Å². The Morgan fingerprint density at radius 1 is 0.895 bits per heavy atom. The minimum absolute atomic E-state index is 0.0223. The lowest BCUT2D eigenvalue weighted by Gasteiger charge is -2.05. The van der Waals surface area contributed by atoms with E-state index in [9.17, 15) is 9.59 Å². The molecule has 0 bridgehead atoms. The monoisotopic (exact) mass is 292 g/mol. The fourth-order valence-electron chi connectivity index (χ4n) is 1.19. The molecule has 0 unspecified atom stereocenters. The molecule has 19 heavy (non-hydrogen) atoms. The van der Waals surface area contributed by atoms with Gasteiger partial charge < -0.3 is 20.1 Å². The molecule has 6 nitrogen and oxygen atoms in total. The fourth-order valence-corrected chi connectivity index (χ4v) is 2.06. The molecule has 2 N–H and O–H groups in total. The summed E-state index contributed by atoms with van der Waals surface area (Å²) >= 11 is 1.60. The summed E-state index contributed by atoms with van der Waals surface area (Å²) in [6, 6.07) is 0. The van der Waals surface area contributed by atoms with Gasteiger partial charge >= 0.3 is 0 Å². The summed E-state index contributed by atoms with van der Waals surface area (Å²) in [6.45, 7) is 2.14. The molecule has 7 heteroatoms. The number of thioether (sulfide) groups is 1. The number of carbonyl (C=O) groups is 2. The summed E-state index contributed by atoms with van der Waals surface area (Å²) in [5.41, 5.74) is 0. The van der Waals surface area contributed by atoms with Crippen LogP contribution in [0, 0.1) is 0 Å². The first-order valence-electron chi connectivity index (χ1n) is 6.29. The lowest BCUT2D eigenvalue weighted by Crippen LogP contribution is -2.27. The van der Waals surface area contributed by atoms with Gasteiger partial charge in [0.1, 0.15) is 0 Å². The second kappa shape index (κ2) is 13.6. The summed E-state index contributed by atoms with van der Waals surface area (Å²) in [5.74, 6) is 1.50. The quantitative estimate of drug-likeness (QED) is 0.496. The van der Waals surface area contributed by atoms with Gasteiger partial charge in [0.2, 0.25) is 11.8 Å². The number of hydrogen-bond donors (Lipinski definition) is 2. The highest BCUT2D eigenvalue weighted by Gasteiger charge is 2.03. The maximum absolute atomic E-state index is 11.3. The van der Waals surface area contributed by atoms with E-state index < -0.39 is 0 Å². The molecular formula is C12H24N2O4S. The van der Waals surface area contributed by atoms with E-state index in [0.717, 1.165) is 11.5 Å². The molecule has 0 fully saturated rings. The van der Waals surface area contributed by atoms with Crippen LogP contribution in [0.2, 0.25) is 0 Å². The van der Waals surface area contributed by atoms with Crippen molar-refractivity contribution >= 4 is 23.6 Å². The van der Waals surface area contributed by atoms with Gasteiger partial charge in [-0.25, -0.2) is 0 Å². The number of amides is 2. The van der Waals surface area contributed by atoms with Gasteiger partial charge in [-0.2, -0.15) is 11.8 Å². The molecule has 2 amide bonds. The number of methoxy groups -OCH3 is 2. The number of carbonyl (C=O) groups excluding carboxylic acids is 2. The van der Waals surface area contributed by atoms with Crippen LogP contribution in [-0.2, 0) is 19.1 Å². The number of nitrogens with one attached hydrogen (secondary N) is 2. The van der Waals surface area contributed by atoms with Crippen LogP contribution in [-0.4, -0.2) is 63.8 Å². The molecule has 0 rings (SSSR count). The second-order valence-corrected chi connectivity index (χ2v) is 5.02. The molecule has 0 atom stereocenters. The van der Waals surface area contributed by atoms with E-state index in [0.29, 0.717) is 39.1 Å². The average molecular weight is 292 g/mol. The Morgan fingerprint density at radius 2 is 1.32 bits per heavy atom. The van der Waals surface area contributed by atoms with Crippen LogP contribution in [0.3, 0.4) is 0 Å². The highest BCUT2D eigenvalue weighted by molar-refractivity contribution is 7.99. The minimum atomic E-state index is 0.0223. The lowest BCUT2D eigenvalue weighted by molar-refractivity contribution is -0.121. The van der Waals surface area contributed by atoms with Crippen LogP contribution >= 0.6 is 11.8 Å². The van der Waals surface area contributed by atoms with Gasteiger partial charge in [-0.05, 0) is 0 Å². The Labute approximate surface area is 119 Å². The number of ether oxygens (including phenoxy) is 2. The topological polar surface area (TPSA) is 76.7 Å². The predicted molar refractivity (Wildman–Crippen MR) is 76.3 cm³/mol. The predicted octanol–water partition coefficient (Wildman–Crippen LogP) is 0.0250. The molecule has 0 aromatic rings. The van der Waals surface area contributed by atoms with E-state index >= 15 is 0 Å². The molecule has 0 aliphatic rings. The molecule has 0 spiro atoms. The summed E-state index contributed by atoms with van der Waals surface area (Å²) in [4.78, 5) is 22.6. The molecule has 0 aromatic carbocycles. The Morgan fingerprint density at radius 3 is 1.68 bits per heavy atom. The van der Waals surface area contributed by atoms with Crippen molar-refractivity contribution < 1.29 is 19.1 Å². The van der Waals surface area contributed by atoms with Gasteiger partial charge in [-0.1, -0.05) is 0 Å². The highest BCUT2D eigenvalue weighted by atomic mass is 32.2. The normalized spacial score (nSPS) is 10.2. The standard InChI is InChI=1S/C12H24N2O4S/c1-17-7-5-13-11(15)3-9-19-10-4-12(16)14-6-8-18-2/h3-10H2,1-2H3,(H,13,15)(H,14,16). The molecule has 0 heterocycles. The zero-order chi connectivity index (χ0) is 14.3. The van der Waals surface area contributed by atoms with E-state index in [1.807, 2.05) is 0 Å². The van der Waals surface area contributed by atoms with E-state index in [4.69, 9.17) is 9.47 Å². The van der Waals surface area contributed by atoms with Crippen molar-refractivity contribution in [3.8, 4) is 0 Å². The zero-order valence-electron chi connectivity index (χ0n) is 11.7. The maximum atomic E-state index is 11.3. The van der Waals surface area contributed by atoms with Crippen molar-refractivity contribution in [3.63, 3.8) is 0 Å². The second-order valence-electron chi connectivity index (χ2n) is 3.80. The van der Waals surface area contributed by atoms with Gasteiger partial charge in [0.15, 0.2) is 0 Å². The molecular weight excluding hydrogens is 268 g/mol. The summed E-state index contributed by atoms with van der Waals surface area (Å²) in [6.07, 6.45) is 0.944. The van der Waals surface area contributed by atoms with E-state index in [1.54, 1.807) is 26.0 Å². The van der Waals surface area contributed by atoms with Crippen molar-refractivity contribution in [2.45, 2.75) is 12.8 Å². The molecule has 0 radical (unpaired) electrons. The van der Waals surface area contributed by atoms with Gasteiger partial charge in [0, 0.05) is 51.7 Å². The molecule has 0 saturated heterocycles. The Kier molecular flexibility index (Phi) is 13.1. The molecule has 112 valence electrons. The average Bonchev–Trinajstić information content (AvgIpc) is 2.39. The SMILES string of the molecule is COCCNC(=O)CCSCCC(=O)NCCOC. The maximum Gasteiger partial charge on any atom is 0.220 e. The van der Waals surface area contributed by atoms with E-state index in [-0.39, 0.29) is 11.8 Å². The number of hydrogen-bond acceptors (Lipinski definition) is 5. The Bertz CT molecular complexity index is 228. The largest absolute Gasteiger partial charge is 0.383 e. The third-order valence-corrected chi connectivity index (χ3v) is 3.19. The van der Waals surface area contributed by atoms with Crippen molar-refractivity contribution in [1.29, 1.82) is 0 Å². The zero-order valence-corrected chi connectivity index (χ0v) is 12.5. The van der Waals surface area contributed by atoms with Crippen molar-refractivity contribution in [1.82, 2.24) is 10.6 Å². The van der Waals surface area contributed by atoms with Crippen LogP contribution in [0.1, 0.15) is 12.8 Å². The van der Waals surface area contributed by atoms with E-state index in [2.05, 4.69) is 10.6 Å². The molecule has 0 aliphatic carbocycles. The molecule has 0 saturated carbocycles. The van der Waals surface area contributed by atoms with Gasteiger partial charge in [-0.15, -0.1) is 0 Å². The highest BCUT2D eigenvalue weighted by Crippen LogP contribution is 2.04. The van der Waals surface area contributed by atoms with Crippen molar-refractivity contribution in [2.75, 3.05) is 52.0 Å². The van der Waals surface area contributed by atoms with E-state index in [1.165, 1.54) is 0 Å². The Hall–Kier alpha value is -0.790. The first-order valence-corrected chi connectivity index (χ1v) is 7.45. The lowest BCUT2D eigenvalue weighted by atomic mass is 10.4. The Balaban J connectivity index is 3.29.